The number of hydrogen-bond donors (Lipinski definition) is 1. The van der Waals surface area contributed by atoms with Crippen LogP contribution in [0.1, 0.15) is 46.5 Å². The molecule has 1 saturated carbocycles. The van der Waals surface area contributed by atoms with Crippen LogP contribution in [-0.2, 0) is 0 Å². The number of nitrogens with one attached hydrogen (secondary N) is 1. The smallest absolute Gasteiger partial charge is 0.00103 e. The molecule has 0 bridgehead atoms. The van der Waals surface area contributed by atoms with Crippen molar-refractivity contribution in [2.75, 3.05) is 26.2 Å². The van der Waals surface area contributed by atoms with E-state index in [9.17, 15) is 0 Å². The molecule has 0 aliphatic heterocycles. The third-order valence-electron chi connectivity index (χ3n) is 2.96. The molecule has 0 atom stereocenters. The van der Waals surface area contributed by atoms with Gasteiger partial charge in [-0.3, -0.25) is 0 Å². The molecule has 1 aliphatic carbocycles. The number of rotatable bonds is 9. The maximum absolute atomic E-state index is 3.49. The minimum Gasteiger partial charge on any atom is -0.314 e. The maximum atomic E-state index is 3.49. The summed E-state index contributed by atoms with van der Waals surface area (Å²) < 4.78 is 0. The van der Waals surface area contributed by atoms with E-state index < -0.39 is 0 Å². The molecule has 0 unspecified atom stereocenters. The summed E-state index contributed by atoms with van der Waals surface area (Å²) in [4.78, 5) is 2.65. The highest BCUT2D eigenvalue weighted by atomic mass is 15.1. The highest BCUT2D eigenvalue weighted by Gasteiger charge is 2.23. The molecule has 90 valence electrons. The molecule has 1 N–H and O–H groups in total. The summed E-state index contributed by atoms with van der Waals surface area (Å²) in [5.74, 6) is 1.04. The van der Waals surface area contributed by atoms with Crippen molar-refractivity contribution in [1.29, 1.82) is 0 Å². The van der Waals surface area contributed by atoms with E-state index in [0.29, 0.717) is 6.04 Å². The van der Waals surface area contributed by atoms with Crippen molar-refractivity contribution in [2.24, 2.45) is 5.92 Å². The van der Waals surface area contributed by atoms with Crippen LogP contribution in [0.25, 0.3) is 0 Å². The lowest BCUT2D eigenvalue weighted by Crippen LogP contribution is -2.31. The Kier molecular flexibility index (Phi) is 6.26. The summed E-state index contributed by atoms with van der Waals surface area (Å²) in [6.07, 6.45) is 5.55. The van der Waals surface area contributed by atoms with Crippen molar-refractivity contribution >= 4 is 0 Å². The quantitative estimate of drug-likeness (QED) is 0.591. The molecule has 0 aromatic rings. The molecule has 0 aromatic heterocycles. The van der Waals surface area contributed by atoms with Crippen LogP contribution in [0.3, 0.4) is 0 Å². The van der Waals surface area contributed by atoms with Gasteiger partial charge in [0, 0.05) is 12.6 Å². The van der Waals surface area contributed by atoms with Crippen molar-refractivity contribution in [1.82, 2.24) is 10.2 Å². The molecule has 1 aliphatic rings. The van der Waals surface area contributed by atoms with Gasteiger partial charge in [0.25, 0.3) is 0 Å². The average molecular weight is 212 g/mol. The Morgan fingerprint density at radius 1 is 1.27 bits per heavy atom. The average Bonchev–Trinajstić information content (AvgIpc) is 2.96. The first-order chi connectivity index (χ1) is 7.22. The zero-order chi connectivity index (χ0) is 11.1. The van der Waals surface area contributed by atoms with Crippen LogP contribution < -0.4 is 5.32 Å². The summed E-state index contributed by atoms with van der Waals surface area (Å²) in [5.41, 5.74) is 0. The van der Waals surface area contributed by atoms with E-state index in [1.165, 1.54) is 51.9 Å². The monoisotopic (exact) mass is 212 g/mol. The Bertz CT molecular complexity index is 153. The standard InChI is InChI=1S/C13H28N2/c1-4-9-15(11-13-6-7-13)10-5-8-14-12(2)3/h12-14H,4-11H2,1-3H3. The van der Waals surface area contributed by atoms with E-state index in [1.54, 1.807) is 0 Å². The third kappa shape index (κ3) is 6.91. The molecule has 0 heterocycles. The second-order valence-electron chi connectivity index (χ2n) is 5.21. The SMILES string of the molecule is CCCN(CCCNC(C)C)CC1CC1. The highest BCUT2D eigenvalue weighted by Crippen LogP contribution is 2.29. The van der Waals surface area contributed by atoms with Crippen molar-refractivity contribution in [3.8, 4) is 0 Å². The molecule has 1 fully saturated rings. The normalized spacial score (nSPS) is 16.6. The van der Waals surface area contributed by atoms with E-state index in [1.807, 2.05) is 0 Å². The Balaban J connectivity index is 2.02. The molecule has 0 aromatic carbocycles. The fourth-order valence-corrected chi connectivity index (χ4v) is 1.97. The second kappa shape index (κ2) is 7.24. The molecular formula is C13H28N2. The molecule has 1 rings (SSSR count). The minimum absolute atomic E-state index is 0.632. The van der Waals surface area contributed by atoms with Crippen LogP contribution in [0.2, 0.25) is 0 Å². The first-order valence-electron chi connectivity index (χ1n) is 6.68. The number of nitrogens with zero attached hydrogens (tertiary/aromatic N) is 1. The van der Waals surface area contributed by atoms with Crippen LogP contribution in [0.15, 0.2) is 0 Å². The molecule has 0 saturated heterocycles. The fraction of sp³-hybridized carbons (Fsp3) is 1.00. The fourth-order valence-electron chi connectivity index (χ4n) is 1.97. The summed E-state index contributed by atoms with van der Waals surface area (Å²) in [6.45, 7) is 11.8. The van der Waals surface area contributed by atoms with Gasteiger partial charge >= 0.3 is 0 Å². The van der Waals surface area contributed by atoms with Crippen molar-refractivity contribution in [3.05, 3.63) is 0 Å². The third-order valence-corrected chi connectivity index (χ3v) is 2.96. The van der Waals surface area contributed by atoms with Crippen molar-refractivity contribution < 1.29 is 0 Å². The molecule has 2 nitrogen and oxygen atoms in total. The maximum Gasteiger partial charge on any atom is 0.00103 e. The van der Waals surface area contributed by atoms with Crippen LogP contribution >= 0.6 is 0 Å². The Hall–Kier alpha value is -0.0800. The van der Waals surface area contributed by atoms with Gasteiger partial charge < -0.3 is 10.2 Å². The first-order valence-corrected chi connectivity index (χ1v) is 6.68. The van der Waals surface area contributed by atoms with Gasteiger partial charge in [-0.1, -0.05) is 20.8 Å². The summed E-state index contributed by atoms with van der Waals surface area (Å²) in [6, 6.07) is 0.632. The van der Waals surface area contributed by atoms with Gasteiger partial charge in [0.1, 0.15) is 0 Å². The van der Waals surface area contributed by atoms with E-state index >= 15 is 0 Å². The van der Waals surface area contributed by atoms with Crippen LogP contribution in [0.5, 0.6) is 0 Å². The second-order valence-corrected chi connectivity index (χ2v) is 5.21. The summed E-state index contributed by atoms with van der Waals surface area (Å²) in [7, 11) is 0. The summed E-state index contributed by atoms with van der Waals surface area (Å²) >= 11 is 0. The predicted molar refractivity (Wildman–Crippen MR) is 67.2 cm³/mol. The van der Waals surface area contributed by atoms with Crippen LogP contribution in [-0.4, -0.2) is 37.1 Å². The van der Waals surface area contributed by atoms with Gasteiger partial charge in [0.05, 0.1) is 0 Å². The molecule has 0 spiro atoms. The minimum atomic E-state index is 0.632. The van der Waals surface area contributed by atoms with E-state index in [4.69, 9.17) is 0 Å². The van der Waals surface area contributed by atoms with Gasteiger partial charge in [-0.25, -0.2) is 0 Å². The largest absolute Gasteiger partial charge is 0.314 e. The van der Waals surface area contributed by atoms with Gasteiger partial charge in [-0.05, 0) is 51.2 Å². The first kappa shape index (κ1) is 13.0. The topological polar surface area (TPSA) is 15.3 Å². The molecule has 2 heteroatoms. The lowest BCUT2D eigenvalue weighted by atomic mass is 10.3. The predicted octanol–water partition coefficient (Wildman–Crippen LogP) is 2.50. The van der Waals surface area contributed by atoms with Gasteiger partial charge in [0.2, 0.25) is 0 Å². The van der Waals surface area contributed by atoms with Crippen LogP contribution in [0, 0.1) is 5.92 Å². The van der Waals surface area contributed by atoms with Gasteiger partial charge in [-0.15, -0.1) is 0 Å². The van der Waals surface area contributed by atoms with Crippen molar-refractivity contribution in [2.45, 2.75) is 52.5 Å². The Morgan fingerprint density at radius 3 is 2.53 bits per heavy atom. The van der Waals surface area contributed by atoms with E-state index in [-0.39, 0.29) is 0 Å². The van der Waals surface area contributed by atoms with E-state index in [0.717, 1.165) is 5.92 Å². The van der Waals surface area contributed by atoms with E-state index in [2.05, 4.69) is 31.0 Å². The lowest BCUT2D eigenvalue weighted by Gasteiger charge is -2.21. The molecular weight excluding hydrogens is 184 g/mol. The van der Waals surface area contributed by atoms with Gasteiger partial charge in [-0.2, -0.15) is 0 Å². The molecule has 15 heavy (non-hydrogen) atoms. The lowest BCUT2D eigenvalue weighted by molar-refractivity contribution is 0.258. The Morgan fingerprint density at radius 2 is 2.00 bits per heavy atom. The molecule has 0 radical (unpaired) electrons. The highest BCUT2D eigenvalue weighted by molar-refractivity contribution is 4.77. The number of hydrogen-bond acceptors (Lipinski definition) is 2. The van der Waals surface area contributed by atoms with Crippen molar-refractivity contribution in [3.63, 3.8) is 0 Å². The van der Waals surface area contributed by atoms with Gasteiger partial charge in [0.15, 0.2) is 0 Å². The Labute approximate surface area is 95.4 Å². The molecule has 0 amide bonds. The summed E-state index contributed by atoms with van der Waals surface area (Å²) in [5, 5.41) is 3.49. The zero-order valence-corrected chi connectivity index (χ0v) is 10.8. The zero-order valence-electron chi connectivity index (χ0n) is 10.8. The van der Waals surface area contributed by atoms with Crippen LogP contribution in [0.4, 0.5) is 0 Å².